The highest BCUT2D eigenvalue weighted by Crippen LogP contribution is 2.28. The molecule has 0 bridgehead atoms. The van der Waals surface area contributed by atoms with Gasteiger partial charge in [0.2, 0.25) is 0 Å². The highest BCUT2D eigenvalue weighted by atomic mass is 15.3. The molecular weight excluding hydrogens is 172 g/mol. The normalized spacial score (nSPS) is 13.7. The van der Waals surface area contributed by atoms with Crippen molar-refractivity contribution in [3.8, 4) is 12.3 Å². The van der Waals surface area contributed by atoms with E-state index in [1.165, 1.54) is 5.56 Å². The topological polar surface area (TPSA) is 17.8 Å². The van der Waals surface area contributed by atoms with Crippen molar-refractivity contribution < 1.29 is 0 Å². The largest absolute Gasteiger partial charge is 0.275 e. The van der Waals surface area contributed by atoms with Crippen LogP contribution in [-0.4, -0.2) is 9.78 Å². The predicted octanol–water partition coefficient (Wildman–Crippen LogP) is 2.45. The lowest BCUT2D eigenvalue weighted by atomic mass is 9.86. The van der Waals surface area contributed by atoms with E-state index in [0.29, 0.717) is 0 Å². The van der Waals surface area contributed by atoms with E-state index in [2.05, 4.69) is 31.8 Å². The molecule has 1 atom stereocenters. The fourth-order valence-corrected chi connectivity index (χ4v) is 1.50. The second-order valence-corrected chi connectivity index (χ2v) is 4.75. The van der Waals surface area contributed by atoms with E-state index in [1.54, 1.807) is 0 Å². The number of aryl methyl sites for hydroxylation is 1. The van der Waals surface area contributed by atoms with E-state index >= 15 is 0 Å². The molecule has 1 unspecified atom stereocenters. The zero-order valence-corrected chi connectivity index (χ0v) is 9.63. The molecule has 0 aromatic carbocycles. The SMILES string of the molecule is C#CC(C)c1cn(C)nc1C(C)(C)C. The van der Waals surface area contributed by atoms with Crippen molar-refractivity contribution in [3.63, 3.8) is 0 Å². The van der Waals surface area contributed by atoms with Gasteiger partial charge in [-0.2, -0.15) is 5.10 Å². The highest BCUT2D eigenvalue weighted by Gasteiger charge is 2.23. The van der Waals surface area contributed by atoms with Gasteiger partial charge in [-0.15, -0.1) is 6.42 Å². The summed E-state index contributed by atoms with van der Waals surface area (Å²) in [7, 11) is 1.93. The van der Waals surface area contributed by atoms with Crippen molar-refractivity contribution in [1.29, 1.82) is 0 Å². The van der Waals surface area contributed by atoms with Crippen LogP contribution in [0.4, 0.5) is 0 Å². The smallest absolute Gasteiger partial charge is 0.0722 e. The maximum absolute atomic E-state index is 5.44. The number of nitrogens with zero attached hydrogens (tertiary/aromatic N) is 2. The zero-order valence-electron chi connectivity index (χ0n) is 9.63. The Morgan fingerprint density at radius 1 is 1.50 bits per heavy atom. The third kappa shape index (κ3) is 1.98. The van der Waals surface area contributed by atoms with Crippen LogP contribution in [0.5, 0.6) is 0 Å². The van der Waals surface area contributed by atoms with E-state index in [4.69, 9.17) is 6.42 Å². The fourth-order valence-electron chi connectivity index (χ4n) is 1.50. The molecule has 2 nitrogen and oxygen atoms in total. The van der Waals surface area contributed by atoms with Gasteiger partial charge in [-0.05, 0) is 6.92 Å². The van der Waals surface area contributed by atoms with Crippen molar-refractivity contribution in [3.05, 3.63) is 17.5 Å². The lowest BCUT2D eigenvalue weighted by Crippen LogP contribution is -2.15. The quantitative estimate of drug-likeness (QED) is 0.622. The molecule has 0 spiro atoms. The van der Waals surface area contributed by atoms with Gasteiger partial charge >= 0.3 is 0 Å². The molecule has 0 amide bonds. The number of aromatic nitrogens is 2. The Hall–Kier alpha value is -1.23. The van der Waals surface area contributed by atoms with Crippen molar-refractivity contribution in [2.24, 2.45) is 7.05 Å². The Labute approximate surface area is 86.3 Å². The molecule has 1 heterocycles. The van der Waals surface area contributed by atoms with E-state index in [0.717, 1.165) is 5.69 Å². The van der Waals surface area contributed by atoms with Crippen LogP contribution in [-0.2, 0) is 12.5 Å². The second-order valence-electron chi connectivity index (χ2n) is 4.75. The molecule has 0 N–H and O–H groups in total. The minimum absolute atomic E-state index is 0.0572. The van der Waals surface area contributed by atoms with Gasteiger partial charge in [0, 0.05) is 30.1 Å². The molecule has 0 aliphatic heterocycles. The number of hydrogen-bond acceptors (Lipinski definition) is 1. The van der Waals surface area contributed by atoms with Gasteiger partial charge in [0.25, 0.3) is 0 Å². The van der Waals surface area contributed by atoms with Gasteiger partial charge in [-0.25, -0.2) is 0 Å². The Bertz CT molecular complexity index is 361. The molecule has 76 valence electrons. The number of hydrogen-bond donors (Lipinski definition) is 0. The fraction of sp³-hybridized carbons (Fsp3) is 0.583. The Morgan fingerprint density at radius 3 is 2.50 bits per heavy atom. The van der Waals surface area contributed by atoms with Crippen LogP contribution in [0.15, 0.2) is 6.20 Å². The minimum atomic E-state index is 0.0572. The molecular formula is C12H18N2. The summed E-state index contributed by atoms with van der Waals surface area (Å²) >= 11 is 0. The molecule has 2 heteroatoms. The lowest BCUT2D eigenvalue weighted by molar-refractivity contribution is 0.547. The summed E-state index contributed by atoms with van der Waals surface area (Å²) in [5, 5.41) is 4.47. The molecule has 0 aliphatic carbocycles. The number of rotatable bonds is 1. The highest BCUT2D eigenvalue weighted by molar-refractivity contribution is 5.31. The summed E-state index contributed by atoms with van der Waals surface area (Å²) in [5.41, 5.74) is 2.33. The summed E-state index contributed by atoms with van der Waals surface area (Å²) in [4.78, 5) is 0. The van der Waals surface area contributed by atoms with Crippen molar-refractivity contribution >= 4 is 0 Å². The van der Waals surface area contributed by atoms with Crippen molar-refractivity contribution in [2.75, 3.05) is 0 Å². The summed E-state index contributed by atoms with van der Waals surface area (Å²) in [6.07, 6.45) is 7.46. The van der Waals surface area contributed by atoms with Crippen LogP contribution in [0, 0.1) is 12.3 Å². The molecule has 1 aromatic rings. The third-order valence-corrected chi connectivity index (χ3v) is 2.28. The molecule has 0 saturated heterocycles. The first-order valence-corrected chi connectivity index (χ1v) is 4.86. The van der Waals surface area contributed by atoms with Crippen LogP contribution >= 0.6 is 0 Å². The predicted molar refractivity (Wildman–Crippen MR) is 59.2 cm³/mol. The van der Waals surface area contributed by atoms with Gasteiger partial charge in [-0.1, -0.05) is 26.7 Å². The van der Waals surface area contributed by atoms with Gasteiger partial charge < -0.3 is 0 Å². The standard InChI is InChI=1S/C12H18N2/c1-7-9(2)10-8-14(6)13-11(10)12(3,4)5/h1,8-9H,2-6H3. The molecule has 1 rings (SSSR count). The molecule has 1 aromatic heterocycles. The van der Waals surface area contributed by atoms with E-state index in [9.17, 15) is 0 Å². The van der Waals surface area contributed by atoms with E-state index < -0.39 is 0 Å². The zero-order chi connectivity index (χ0) is 10.9. The first kappa shape index (κ1) is 10.8. The Kier molecular flexibility index (Phi) is 2.71. The van der Waals surface area contributed by atoms with Gasteiger partial charge in [0.1, 0.15) is 0 Å². The van der Waals surface area contributed by atoms with E-state index in [-0.39, 0.29) is 11.3 Å². The lowest BCUT2D eigenvalue weighted by Gasteiger charge is -2.18. The Balaban J connectivity index is 3.24. The molecule has 14 heavy (non-hydrogen) atoms. The van der Waals surface area contributed by atoms with Gasteiger partial charge in [0.05, 0.1) is 5.69 Å². The first-order chi connectivity index (χ1) is 6.36. The minimum Gasteiger partial charge on any atom is -0.275 e. The molecule has 0 saturated carbocycles. The maximum Gasteiger partial charge on any atom is 0.0722 e. The average Bonchev–Trinajstić information content (AvgIpc) is 2.45. The van der Waals surface area contributed by atoms with Crippen LogP contribution in [0.3, 0.4) is 0 Å². The van der Waals surface area contributed by atoms with E-state index in [1.807, 2.05) is 24.9 Å². The van der Waals surface area contributed by atoms with Gasteiger partial charge in [-0.3, -0.25) is 4.68 Å². The van der Waals surface area contributed by atoms with Crippen LogP contribution in [0.1, 0.15) is 44.9 Å². The van der Waals surface area contributed by atoms with Crippen molar-refractivity contribution in [1.82, 2.24) is 9.78 Å². The first-order valence-electron chi connectivity index (χ1n) is 4.86. The number of terminal acetylenes is 1. The summed E-state index contributed by atoms with van der Waals surface area (Å²) in [5.74, 6) is 2.89. The monoisotopic (exact) mass is 190 g/mol. The second kappa shape index (κ2) is 3.49. The third-order valence-electron chi connectivity index (χ3n) is 2.28. The van der Waals surface area contributed by atoms with Crippen LogP contribution in [0.25, 0.3) is 0 Å². The summed E-state index contributed by atoms with van der Waals surface area (Å²) in [6.45, 7) is 8.50. The molecule has 0 aliphatic rings. The average molecular weight is 190 g/mol. The van der Waals surface area contributed by atoms with Crippen molar-refractivity contribution in [2.45, 2.75) is 39.0 Å². The van der Waals surface area contributed by atoms with Crippen LogP contribution in [0.2, 0.25) is 0 Å². The van der Waals surface area contributed by atoms with Gasteiger partial charge in [0.15, 0.2) is 0 Å². The molecule has 0 fully saturated rings. The maximum atomic E-state index is 5.44. The summed E-state index contributed by atoms with van der Waals surface area (Å²) in [6, 6.07) is 0. The Morgan fingerprint density at radius 2 is 2.07 bits per heavy atom. The molecule has 0 radical (unpaired) electrons. The summed E-state index contributed by atoms with van der Waals surface area (Å²) < 4.78 is 1.84. The van der Waals surface area contributed by atoms with Crippen LogP contribution < -0.4 is 0 Å².